The van der Waals surface area contributed by atoms with E-state index >= 15 is 0 Å². The van der Waals surface area contributed by atoms with E-state index in [2.05, 4.69) is 145 Å². The first-order valence-electron chi connectivity index (χ1n) is 15.2. The summed E-state index contributed by atoms with van der Waals surface area (Å²) in [7, 11) is 0. The number of H-pyrrole nitrogens is 2. The Labute approximate surface area is 264 Å². The molecule has 214 valence electrons. The third-order valence-electron chi connectivity index (χ3n) is 8.70. The van der Waals surface area contributed by atoms with Crippen molar-refractivity contribution in [1.29, 1.82) is 0 Å². The molecular formula is C40H28N4S. The molecule has 5 heteroatoms. The van der Waals surface area contributed by atoms with Crippen LogP contribution in [0.1, 0.15) is 33.9 Å². The highest BCUT2D eigenvalue weighted by Gasteiger charge is 2.16. The van der Waals surface area contributed by atoms with Crippen molar-refractivity contribution in [1.82, 2.24) is 19.9 Å². The van der Waals surface area contributed by atoms with Gasteiger partial charge < -0.3 is 9.97 Å². The van der Waals surface area contributed by atoms with Crippen LogP contribution in [0, 0.1) is 13.8 Å². The molecule has 4 nitrogen and oxygen atoms in total. The van der Waals surface area contributed by atoms with Crippen molar-refractivity contribution in [3.8, 4) is 22.3 Å². The van der Waals surface area contributed by atoms with Crippen LogP contribution in [0.3, 0.4) is 0 Å². The van der Waals surface area contributed by atoms with Crippen molar-refractivity contribution in [2.75, 3.05) is 0 Å². The zero-order chi connectivity index (χ0) is 30.1. The summed E-state index contributed by atoms with van der Waals surface area (Å²) < 4.78 is 2.50. The fourth-order valence-corrected chi connectivity index (χ4v) is 7.67. The van der Waals surface area contributed by atoms with Crippen molar-refractivity contribution >= 4 is 77.9 Å². The molecular weight excluding hydrogens is 569 g/mol. The highest BCUT2D eigenvalue weighted by molar-refractivity contribution is 7.26. The number of aryl methyl sites for hydroxylation is 2. The second kappa shape index (κ2) is 10.0. The van der Waals surface area contributed by atoms with Crippen molar-refractivity contribution in [3.63, 3.8) is 0 Å². The summed E-state index contributed by atoms with van der Waals surface area (Å²) in [5, 5.41) is 2.48. The van der Waals surface area contributed by atoms with Crippen LogP contribution in [0.2, 0.25) is 0 Å². The van der Waals surface area contributed by atoms with Gasteiger partial charge in [0.15, 0.2) is 0 Å². The molecule has 0 aliphatic carbocycles. The average Bonchev–Trinajstić information content (AvgIpc) is 3.88. The second-order valence-electron chi connectivity index (χ2n) is 11.8. The van der Waals surface area contributed by atoms with Crippen molar-refractivity contribution in [2.45, 2.75) is 13.8 Å². The minimum atomic E-state index is 0.916. The van der Waals surface area contributed by atoms with Gasteiger partial charge in [0.25, 0.3) is 0 Å². The lowest BCUT2D eigenvalue weighted by atomic mass is 10.0. The van der Waals surface area contributed by atoms with E-state index in [1.165, 1.54) is 31.3 Å². The molecule has 7 aromatic rings. The number of thiophene rings is 1. The third-order valence-corrected chi connectivity index (χ3v) is 9.91. The summed E-state index contributed by atoms with van der Waals surface area (Å²) in [5.74, 6) is 0. The molecule has 45 heavy (non-hydrogen) atoms. The van der Waals surface area contributed by atoms with E-state index in [1.807, 2.05) is 11.3 Å². The summed E-state index contributed by atoms with van der Waals surface area (Å²) in [4.78, 5) is 17.9. The van der Waals surface area contributed by atoms with Crippen LogP contribution in [0.25, 0.3) is 88.8 Å². The van der Waals surface area contributed by atoms with Crippen molar-refractivity contribution < 1.29 is 0 Å². The number of fused-ring (bicyclic) bond motifs is 13. The lowest BCUT2D eigenvalue weighted by molar-refractivity contribution is 1.31. The standard InChI is InChI=1S/C40H28N4S/c1-23-7-11-25(12-8-23)37-30-17-15-27(41-30)21-34-39-29-5-3-4-6-36(29)45-40(39)35(44-34)22-28-16-18-31(42-28)38(33-20-19-32(37)43-33)26-13-9-24(2)10-14-26/h3-22,43-44H,1-2H3. The van der Waals surface area contributed by atoms with Gasteiger partial charge in [-0.3, -0.25) is 0 Å². The Bertz CT molecular complexity index is 2540. The number of rotatable bonds is 2. The fraction of sp³-hybridized carbons (Fsp3) is 0.0500. The van der Waals surface area contributed by atoms with Crippen LogP contribution < -0.4 is 0 Å². The van der Waals surface area contributed by atoms with Gasteiger partial charge in [-0.05, 0) is 79.6 Å². The van der Waals surface area contributed by atoms with E-state index in [9.17, 15) is 0 Å². The normalized spacial score (nSPS) is 12.5. The molecule has 6 heterocycles. The molecule has 0 radical (unpaired) electrons. The monoisotopic (exact) mass is 596 g/mol. The zero-order valence-corrected chi connectivity index (χ0v) is 25.7. The Morgan fingerprint density at radius 1 is 0.533 bits per heavy atom. The van der Waals surface area contributed by atoms with E-state index in [1.54, 1.807) is 0 Å². The molecule has 0 atom stereocenters. The molecule has 0 saturated heterocycles. The summed E-state index contributed by atoms with van der Waals surface area (Å²) >= 11 is 1.82. The maximum Gasteiger partial charge on any atom is 0.0736 e. The number of hydrogen-bond donors (Lipinski definition) is 2. The number of aromatic nitrogens is 4. The Morgan fingerprint density at radius 2 is 1.07 bits per heavy atom. The predicted octanol–water partition coefficient (Wildman–Crippen LogP) is 11.0. The summed E-state index contributed by atoms with van der Waals surface area (Å²) in [6, 6.07) is 34.7. The van der Waals surface area contributed by atoms with Gasteiger partial charge in [0.1, 0.15) is 0 Å². The van der Waals surface area contributed by atoms with Crippen LogP contribution in [0.5, 0.6) is 0 Å². The maximum atomic E-state index is 5.20. The van der Waals surface area contributed by atoms with Gasteiger partial charge in [0.2, 0.25) is 0 Å². The topological polar surface area (TPSA) is 57.4 Å². The molecule has 9 rings (SSSR count). The van der Waals surface area contributed by atoms with E-state index in [0.717, 1.165) is 67.1 Å². The minimum Gasteiger partial charge on any atom is -0.354 e. The highest BCUT2D eigenvalue weighted by Crippen LogP contribution is 2.40. The van der Waals surface area contributed by atoms with Gasteiger partial charge in [-0.25, -0.2) is 9.97 Å². The largest absolute Gasteiger partial charge is 0.354 e. The number of benzene rings is 3. The minimum absolute atomic E-state index is 0.916. The highest BCUT2D eigenvalue weighted by atomic mass is 32.1. The molecule has 0 spiro atoms. The molecule has 0 unspecified atom stereocenters. The maximum absolute atomic E-state index is 5.20. The zero-order valence-electron chi connectivity index (χ0n) is 24.8. The Hall–Kier alpha value is -5.52. The first kappa shape index (κ1) is 25.9. The first-order chi connectivity index (χ1) is 22.1. The lowest BCUT2D eigenvalue weighted by Gasteiger charge is -2.06. The van der Waals surface area contributed by atoms with Crippen molar-refractivity contribution in [2.24, 2.45) is 0 Å². The van der Waals surface area contributed by atoms with Crippen LogP contribution in [0.15, 0.2) is 97.1 Å². The van der Waals surface area contributed by atoms with Crippen molar-refractivity contribution in [3.05, 3.63) is 131 Å². The van der Waals surface area contributed by atoms with Gasteiger partial charge in [-0.1, -0.05) is 77.9 Å². The van der Waals surface area contributed by atoms with Gasteiger partial charge in [0.05, 0.1) is 38.5 Å². The number of nitrogens with zero attached hydrogens (tertiary/aromatic N) is 2. The van der Waals surface area contributed by atoms with Crippen LogP contribution in [-0.4, -0.2) is 19.9 Å². The molecule has 2 aliphatic heterocycles. The van der Waals surface area contributed by atoms with Crippen LogP contribution in [0.4, 0.5) is 0 Å². The Balaban J connectivity index is 1.46. The first-order valence-corrected chi connectivity index (χ1v) is 16.0. The van der Waals surface area contributed by atoms with Gasteiger partial charge >= 0.3 is 0 Å². The molecule has 2 aliphatic rings. The molecule has 2 N–H and O–H groups in total. The molecule has 3 aromatic carbocycles. The Morgan fingerprint density at radius 3 is 1.67 bits per heavy atom. The van der Waals surface area contributed by atoms with E-state index in [0.29, 0.717) is 0 Å². The lowest BCUT2D eigenvalue weighted by Crippen LogP contribution is -1.87. The van der Waals surface area contributed by atoms with E-state index in [-0.39, 0.29) is 0 Å². The van der Waals surface area contributed by atoms with Crippen LogP contribution >= 0.6 is 11.3 Å². The van der Waals surface area contributed by atoms with E-state index in [4.69, 9.17) is 9.97 Å². The molecule has 0 fully saturated rings. The number of aromatic amines is 2. The molecule has 0 saturated carbocycles. The number of nitrogens with one attached hydrogen (secondary N) is 2. The molecule has 8 bridgehead atoms. The molecule has 0 amide bonds. The summed E-state index contributed by atoms with van der Waals surface area (Å²) in [6.07, 6.45) is 8.49. The number of hydrogen-bond acceptors (Lipinski definition) is 3. The SMILES string of the molecule is Cc1ccc(-c2c3nc(cc4[nH]c(cc5nc(c(-c6ccc(C)cc6)c6ccc2[nH]6)C=C5)c2c5ccccc5sc42)C=C3)cc1. The third kappa shape index (κ3) is 4.35. The summed E-state index contributed by atoms with van der Waals surface area (Å²) in [6.45, 7) is 4.24. The second-order valence-corrected chi connectivity index (χ2v) is 12.9. The average molecular weight is 597 g/mol. The smallest absolute Gasteiger partial charge is 0.0736 e. The van der Waals surface area contributed by atoms with Gasteiger partial charge in [-0.2, -0.15) is 0 Å². The predicted molar refractivity (Wildman–Crippen MR) is 192 cm³/mol. The van der Waals surface area contributed by atoms with E-state index < -0.39 is 0 Å². The summed E-state index contributed by atoms with van der Waals surface area (Å²) in [5.41, 5.74) is 14.7. The quantitative estimate of drug-likeness (QED) is 0.209. The van der Waals surface area contributed by atoms with Gasteiger partial charge in [0, 0.05) is 37.6 Å². The Kier molecular flexibility index (Phi) is 5.77. The fourth-order valence-electron chi connectivity index (χ4n) is 6.48. The molecule has 4 aromatic heterocycles. The van der Waals surface area contributed by atoms with Crippen LogP contribution in [-0.2, 0) is 0 Å². The van der Waals surface area contributed by atoms with Gasteiger partial charge in [-0.15, -0.1) is 11.3 Å².